The monoisotopic (exact) mass is 278 g/mol. The quantitative estimate of drug-likeness (QED) is 0.797. The lowest BCUT2D eigenvalue weighted by Crippen LogP contribution is -2.48. The Balaban J connectivity index is 1.49. The molecule has 116 valence electrons. The minimum Gasteiger partial charge on any atom is -0.313 e. The summed E-state index contributed by atoms with van der Waals surface area (Å²) in [5.74, 6) is 2.09. The normalized spacial score (nSPS) is 34.5. The number of piperidine rings is 1. The van der Waals surface area contributed by atoms with Crippen LogP contribution < -0.4 is 5.32 Å². The second-order valence-corrected chi connectivity index (χ2v) is 8.15. The average molecular weight is 278 g/mol. The van der Waals surface area contributed by atoms with Gasteiger partial charge in [0.2, 0.25) is 0 Å². The van der Waals surface area contributed by atoms with E-state index in [-0.39, 0.29) is 0 Å². The van der Waals surface area contributed by atoms with Crippen LogP contribution in [0.15, 0.2) is 0 Å². The standard InChI is InChI=1S/C18H34N2/c1-3-18(2,13-19-17-8-9-17)14-20-11-10-15-6-4-5-7-16(15)12-20/h15-17,19H,3-14H2,1-2H3. The van der Waals surface area contributed by atoms with Crippen molar-refractivity contribution in [3.63, 3.8) is 0 Å². The first-order valence-electron chi connectivity index (χ1n) is 9.14. The van der Waals surface area contributed by atoms with Gasteiger partial charge in [0.05, 0.1) is 0 Å². The summed E-state index contributed by atoms with van der Waals surface area (Å²) in [6.45, 7) is 10.2. The van der Waals surface area contributed by atoms with Crippen molar-refractivity contribution in [3.05, 3.63) is 0 Å². The summed E-state index contributed by atoms with van der Waals surface area (Å²) in [4.78, 5) is 2.80. The fourth-order valence-corrected chi connectivity index (χ4v) is 4.33. The molecule has 2 nitrogen and oxygen atoms in total. The fourth-order valence-electron chi connectivity index (χ4n) is 4.33. The number of likely N-dealkylation sites (tertiary alicyclic amines) is 1. The Morgan fingerprint density at radius 2 is 1.80 bits per heavy atom. The number of rotatable bonds is 6. The molecule has 3 rings (SSSR count). The van der Waals surface area contributed by atoms with Gasteiger partial charge in [0, 0.05) is 25.7 Å². The van der Waals surface area contributed by atoms with Crippen LogP contribution in [0.1, 0.15) is 65.2 Å². The van der Waals surface area contributed by atoms with E-state index in [0.29, 0.717) is 5.41 Å². The Hall–Kier alpha value is -0.0800. The first kappa shape index (κ1) is 14.8. The molecule has 0 spiro atoms. The van der Waals surface area contributed by atoms with Crippen LogP contribution in [-0.2, 0) is 0 Å². The molecule has 2 aliphatic carbocycles. The molecular formula is C18H34N2. The van der Waals surface area contributed by atoms with Crippen molar-refractivity contribution < 1.29 is 0 Å². The molecule has 2 saturated carbocycles. The van der Waals surface area contributed by atoms with Crippen molar-refractivity contribution in [1.29, 1.82) is 0 Å². The molecule has 1 N–H and O–H groups in total. The van der Waals surface area contributed by atoms with E-state index in [9.17, 15) is 0 Å². The van der Waals surface area contributed by atoms with Gasteiger partial charge in [0.25, 0.3) is 0 Å². The van der Waals surface area contributed by atoms with Crippen LogP contribution in [-0.4, -0.2) is 37.1 Å². The summed E-state index contributed by atoms with van der Waals surface area (Å²) >= 11 is 0. The third-order valence-electron chi connectivity index (χ3n) is 6.23. The van der Waals surface area contributed by atoms with Gasteiger partial charge in [0.15, 0.2) is 0 Å². The first-order chi connectivity index (χ1) is 9.68. The van der Waals surface area contributed by atoms with Gasteiger partial charge in [-0.1, -0.05) is 33.1 Å². The Kier molecular flexibility index (Phi) is 4.72. The predicted molar refractivity (Wildman–Crippen MR) is 85.9 cm³/mol. The van der Waals surface area contributed by atoms with Gasteiger partial charge in [-0.3, -0.25) is 0 Å². The van der Waals surface area contributed by atoms with E-state index in [2.05, 4.69) is 24.1 Å². The maximum atomic E-state index is 3.77. The lowest BCUT2D eigenvalue weighted by molar-refractivity contribution is 0.0545. The van der Waals surface area contributed by atoms with Crippen molar-refractivity contribution in [3.8, 4) is 0 Å². The summed E-state index contributed by atoms with van der Waals surface area (Å²) in [5, 5.41) is 3.77. The SMILES string of the molecule is CCC(C)(CNC1CC1)CN1CCC2CCCCC2C1. The van der Waals surface area contributed by atoms with Gasteiger partial charge in [-0.05, 0) is 55.9 Å². The van der Waals surface area contributed by atoms with Crippen LogP contribution in [0.5, 0.6) is 0 Å². The third-order valence-corrected chi connectivity index (χ3v) is 6.23. The molecule has 0 bridgehead atoms. The zero-order chi connectivity index (χ0) is 14.0. The van der Waals surface area contributed by atoms with Crippen LogP contribution in [0.4, 0.5) is 0 Å². The number of fused-ring (bicyclic) bond motifs is 1. The van der Waals surface area contributed by atoms with E-state index in [1.54, 1.807) is 0 Å². The summed E-state index contributed by atoms with van der Waals surface area (Å²) < 4.78 is 0. The largest absolute Gasteiger partial charge is 0.313 e. The van der Waals surface area contributed by atoms with Gasteiger partial charge in [0.1, 0.15) is 0 Å². The Bertz CT molecular complexity index is 313. The maximum absolute atomic E-state index is 3.77. The number of nitrogens with one attached hydrogen (secondary N) is 1. The van der Waals surface area contributed by atoms with Crippen LogP contribution in [0.25, 0.3) is 0 Å². The molecule has 1 saturated heterocycles. The summed E-state index contributed by atoms with van der Waals surface area (Å²) in [7, 11) is 0. The van der Waals surface area contributed by atoms with E-state index in [0.717, 1.165) is 17.9 Å². The molecule has 1 heterocycles. The molecule has 2 heteroatoms. The summed E-state index contributed by atoms with van der Waals surface area (Å²) in [5.41, 5.74) is 0.476. The smallest absolute Gasteiger partial charge is 0.00684 e. The Labute approximate surface area is 125 Å². The molecule has 3 unspecified atom stereocenters. The first-order valence-corrected chi connectivity index (χ1v) is 9.14. The molecule has 0 aromatic carbocycles. The zero-order valence-corrected chi connectivity index (χ0v) is 13.7. The van der Waals surface area contributed by atoms with Crippen molar-refractivity contribution in [2.24, 2.45) is 17.3 Å². The van der Waals surface area contributed by atoms with Crippen LogP contribution >= 0.6 is 0 Å². The number of hydrogen-bond donors (Lipinski definition) is 1. The highest BCUT2D eigenvalue weighted by molar-refractivity contribution is 4.89. The average Bonchev–Trinajstić information content (AvgIpc) is 3.29. The summed E-state index contributed by atoms with van der Waals surface area (Å²) in [6, 6.07) is 0.852. The number of nitrogens with zero attached hydrogens (tertiary/aromatic N) is 1. The van der Waals surface area contributed by atoms with Gasteiger partial charge in [-0.2, -0.15) is 0 Å². The topological polar surface area (TPSA) is 15.3 Å². The number of hydrogen-bond acceptors (Lipinski definition) is 2. The zero-order valence-electron chi connectivity index (χ0n) is 13.7. The predicted octanol–water partition coefficient (Wildman–Crippen LogP) is 3.67. The second-order valence-electron chi connectivity index (χ2n) is 8.15. The van der Waals surface area contributed by atoms with Crippen molar-refractivity contribution in [2.75, 3.05) is 26.2 Å². The van der Waals surface area contributed by atoms with Gasteiger partial charge >= 0.3 is 0 Å². The van der Waals surface area contributed by atoms with Crippen LogP contribution in [0.2, 0.25) is 0 Å². The maximum Gasteiger partial charge on any atom is 0.00684 e. The highest BCUT2D eigenvalue weighted by Gasteiger charge is 2.34. The van der Waals surface area contributed by atoms with Crippen molar-refractivity contribution in [1.82, 2.24) is 10.2 Å². The minimum absolute atomic E-state index is 0.476. The lowest BCUT2D eigenvalue weighted by atomic mass is 9.74. The molecule has 3 atom stereocenters. The van der Waals surface area contributed by atoms with E-state index in [1.165, 1.54) is 77.5 Å². The minimum atomic E-state index is 0.476. The molecule has 0 aromatic heterocycles. The van der Waals surface area contributed by atoms with Crippen LogP contribution in [0, 0.1) is 17.3 Å². The van der Waals surface area contributed by atoms with E-state index >= 15 is 0 Å². The Morgan fingerprint density at radius 1 is 1.05 bits per heavy atom. The summed E-state index contributed by atoms with van der Waals surface area (Å²) in [6.07, 6.45) is 11.6. The molecule has 0 amide bonds. The second kappa shape index (κ2) is 6.36. The fraction of sp³-hybridized carbons (Fsp3) is 1.00. The van der Waals surface area contributed by atoms with E-state index < -0.39 is 0 Å². The Morgan fingerprint density at radius 3 is 2.50 bits per heavy atom. The van der Waals surface area contributed by atoms with E-state index in [4.69, 9.17) is 0 Å². The van der Waals surface area contributed by atoms with Crippen molar-refractivity contribution in [2.45, 2.75) is 71.3 Å². The molecular weight excluding hydrogens is 244 g/mol. The lowest BCUT2D eigenvalue weighted by Gasteiger charge is -2.44. The highest BCUT2D eigenvalue weighted by atomic mass is 15.1. The van der Waals surface area contributed by atoms with Gasteiger partial charge in [-0.25, -0.2) is 0 Å². The molecule has 1 aliphatic heterocycles. The molecule has 0 aromatic rings. The van der Waals surface area contributed by atoms with Crippen LogP contribution in [0.3, 0.4) is 0 Å². The molecule has 3 fully saturated rings. The highest BCUT2D eigenvalue weighted by Crippen LogP contribution is 2.37. The van der Waals surface area contributed by atoms with Gasteiger partial charge < -0.3 is 10.2 Å². The molecule has 3 aliphatic rings. The van der Waals surface area contributed by atoms with Gasteiger partial charge in [-0.15, -0.1) is 0 Å². The third kappa shape index (κ3) is 3.76. The molecule has 0 radical (unpaired) electrons. The van der Waals surface area contributed by atoms with E-state index in [1.807, 2.05) is 0 Å². The molecule has 20 heavy (non-hydrogen) atoms. The van der Waals surface area contributed by atoms with Crippen molar-refractivity contribution >= 4 is 0 Å².